The monoisotopic (exact) mass is 406 g/mol. The van der Waals surface area contributed by atoms with Gasteiger partial charge in [0.1, 0.15) is 11.4 Å². The van der Waals surface area contributed by atoms with Crippen LogP contribution in [-0.2, 0) is 14.3 Å². The molecule has 2 rings (SSSR count). The Morgan fingerprint density at radius 1 is 1.38 bits per heavy atom. The number of aryl methyl sites for hydroxylation is 1. The fourth-order valence-electron chi connectivity index (χ4n) is 3.68. The van der Waals surface area contributed by atoms with Gasteiger partial charge in [0.2, 0.25) is 0 Å². The number of carbonyl (C=O) groups is 1. The molecular weight excluding hydrogens is 368 g/mol. The van der Waals surface area contributed by atoms with E-state index in [9.17, 15) is 9.90 Å². The fraction of sp³-hybridized carbons (Fsp3) is 0.739. The summed E-state index contributed by atoms with van der Waals surface area (Å²) in [4.78, 5) is 16.7. The number of unbranched alkanes of at least 4 members (excludes halogenated alkanes) is 1. The molecule has 1 saturated heterocycles. The number of rotatable bonds is 13. The topological polar surface area (TPSA) is 80.7 Å². The number of aromatic nitrogens is 1. The maximum atomic E-state index is 12.2. The molecule has 2 atom stereocenters. The third kappa shape index (κ3) is 7.27. The summed E-state index contributed by atoms with van der Waals surface area (Å²) < 4.78 is 10.6. The molecule has 0 saturated carbocycles. The molecule has 0 aromatic carbocycles. The van der Waals surface area contributed by atoms with Crippen LogP contribution in [0.15, 0.2) is 12.3 Å². The van der Waals surface area contributed by atoms with E-state index in [-0.39, 0.29) is 11.9 Å². The van der Waals surface area contributed by atoms with E-state index in [2.05, 4.69) is 38.0 Å². The van der Waals surface area contributed by atoms with E-state index < -0.39 is 5.60 Å². The summed E-state index contributed by atoms with van der Waals surface area (Å²) in [5.41, 5.74) is 1.41. The quantitative estimate of drug-likeness (QED) is 0.478. The van der Waals surface area contributed by atoms with Gasteiger partial charge in [-0.15, -0.1) is 0 Å². The largest absolute Gasteiger partial charge is 0.465 e. The van der Waals surface area contributed by atoms with Crippen LogP contribution in [0.3, 0.4) is 0 Å². The first-order valence-corrected chi connectivity index (χ1v) is 11.0. The minimum Gasteiger partial charge on any atom is -0.465 e. The number of nitrogens with one attached hydrogen (secondary N) is 1. The van der Waals surface area contributed by atoms with E-state index in [1.807, 2.05) is 6.07 Å². The second kappa shape index (κ2) is 11.5. The van der Waals surface area contributed by atoms with Crippen molar-refractivity contribution in [3.05, 3.63) is 23.4 Å². The highest BCUT2D eigenvalue weighted by Crippen LogP contribution is 2.30. The summed E-state index contributed by atoms with van der Waals surface area (Å²) in [7, 11) is 0. The van der Waals surface area contributed by atoms with Crippen molar-refractivity contribution in [2.45, 2.75) is 77.7 Å². The van der Waals surface area contributed by atoms with Crippen molar-refractivity contribution in [3.63, 3.8) is 0 Å². The first-order chi connectivity index (χ1) is 13.9. The van der Waals surface area contributed by atoms with Gasteiger partial charge in [-0.3, -0.25) is 4.79 Å². The number of anilines is 1. The molecule has 29 heavy (non-hydrogen) atoms. The van der Waals surface area contributed by atoms with Gasteiger partial charge in [0, 0.05) is 24.7 Å². The molecule has 0 spiro atoms. The average molecular weight is 407 g/mol. The van der Waals surface area contributed by atoms with Crippen LogP contribution in [0.1, 0.15) is 76.3 Å². The zero-order valence-corrected chi connectivity index (χ0v) is 18.5. The van der Waals surface area contributed by atoms with Crippen LogP contribution in [0.5, 0.6) is 0 Å². The van der Waals surface area contributed by atoms with E-state index >= 15 is 0 Å². The molecule has 1 aromatic heterocycles. The molecule has 0 aliphatic carbocycles. The number of ether oxygens (including phenoxy) is 2. The number of hydrogen-bond acceptors (Lipinski definition) is 6. The highest BCUT2D eigenvalue weighted by atomic mass is 16.5. The van der Waals surface area contributed by atoms with E-state index in [1.54, 1.807) is 6.20 Å². The van der Waals surface area contributed by atoms with Crippen LogP contribution in [0, 0.1) is 12.8 Å². The minimum absolute atomic E-state index is 0.122. The maximum absolute atomic E-state index is 12.2. The third-order valence-electron chi connectivity index (χ3n) is 5.83. The van der Waals surface area contributed by atoms with Crippen LogP contribution < -0.4 is 5.32 Å². The minimum atomic E-state index is -0.816. The molecule has 2 N–H and O–H groups in total. The number of aliphatic hydroxyl groups is 1. The zero-order valence-electron chi connectivity index (χ0n) is 18.5. The Morgan fingerprint density at radius 3 is 2.76 bits per heavy atom. The summed E-state index contributed by atoms with van der Waals surface area (Å²) in [5.74, 6) is 1.28. The lowest BCUT2D eigenvalue weighted by atomic mass is 9.92. The normalized spacial score (nSPS) is 17.3. The summed E-state index contributed by atoms with van der Waals surface area (Å²) in [6.07, 6.45) is 7.40. The Bertz CT molecular complexity index is 646. The van der Waals surface area contributed by atoms with Crippen LogP contribution in [-0.4, -0.2) is 48.0 Å². The summed E-state index contributed by atoms with van der Waals surface area (Å²) >= 11 is 0. The number of pyridine rings is 1. The summed E-state index contributed by atoms with van der Waals surface area (Å²) in [5, 5.41) is 13.5. The lowest BCUT2D eigenvalue weighted by Gasteiger charge is -2.36. The fourth-order valence-corrected chi connectivity index (χ4v) is 3.68. The molecule has 6 nitrogen and oxygen atoms in total. The molecule has 1 aromatic rings. The van der Waals surface area contributed by atoms with Crippen LogP contribution in [0.25, 0.3) is 0 Å². The third-order valence-corrected chi connectivity index (χ3v) is 5.83. The second-order valence-electron chi connectivity index (χ2n) is 8.50. The standard InChI is InChI=1S/C23H38N2O4/c1-5-7-8-19(6-2)13-29-20(26)10-9-17(3)21-18(4)11-12-24-22(21)25-14-23(27)15-28-16-23/h11-12,17,19,27H,5-10,13-16H2,1-4H3,(H,24,25). The van der Waals surface area contributed by atoms with Crippen molar-refractivity contribution >= 4 is 11.8 Å². The van der Waals surface area contributed by atoms with Gasteiger partial charge in [-0.25, -0.2) is 4.98 Å². The Morgan fingerprint density at radius 2 is 2.14 bits per heavy atom. The summed E-state index contributed by atoms with van der Waals surface area (Å²) in [6, 6.07) is 1.98. The number of carbonyl (C=O) groups excluding carboxylic acids is 1. The van der Waals surface area contributed by atoms with Crippen molar-refractivity contribution in [2.24, 2.45) is 5.92 Å². The maximum Gasteiger partial charge on any atom is 0.305 e. The number of esters is 1. The molecule has 0 amide bonds. The van der Waals surface area contributed by atoms with Crippen molar-refractivity contribution < 1.29 is 19.4 Å². The van der Waals surface area contributed by atoms with Crippen molar-refractivity contribution in [1.29, 1.82) is 0 Å². The molecule has 6 heteroatoms. The number of nitrogens with zero attached hydrogens (tertiary/aromatic N) is 1. The molecule has 2 unspecified atom stereocenters. The van der Waals surface area contributed by atoms with Gasteiger partial charge in [-0.2, -0.15) is 0 Å². The van der Waals surface area contributed by atoms with Crippen LogP contribution >= 0.6 is 0 Å². The smallest absolute Gasteiger partial charge is 0.305 e. The van der Waals surface area contributed by atoms with Gasteiger partial charge in [0.05, 0.1) is 19.8 Å². The Hall–Kier alpha value is -1.66. The van der Waals surface area contributed by atoms with Crippen molar-refractivity contribution in [1.82, 2.24) is 4.98 Å². The predicted molar refractivity (Wildman–Crippen MR) is 115 cm³/mol. The van der Waals surface area contributed by atoms with E-state index in [1.165, 1.54) is 12.8 Å². The summed E-state index contributed by atoms with van der Waals surface area (Å²) in [6.45, 7) is 10.1. The molecule has 1 aliphatic rings. The van der Waals surface area contributed by atoms with Crippen molar-refractivity contribution in [2.75, 3.05) is 31.7 Å². The van der Waals surface area contributed by atoms with Crippen LogP contribution in [0.2, 0.25) is 0 Å². The van der Waals surface area contributed by atoms with Gasteiger partial charge in [0.15, 0.2) is 0 Å². The van der Waals surface area contributed by atoms with Crippen LogP contribution in [0.4, 0.5) is 5.82 Å². The highest BCUT2D eigenvalue weighted by Gasteiger charge is 2.36. The van der Waals surface area contributed by atoms with Gasteiger partial charge in [0.25, 0.3) is 0 Å². The molecule has 2 heterocycles. The van der Waals surface area contributed by atoms with E-state index in [0.717, 1.165) is 29.8 Å². The molecule has 0 bridgehead atoms. The number of hydrogen-bond donors (Lipinski definition) is 2. The predicted octanol–water partition coefficient (Wildman–Crippen LogP) is 4.21. The van der Waals surface area contributed by atoms with E-state index in [4.69, 9.17) is 9.47 Å². The Balaban J connectivity index is 1.86. The van der Waals surface area contributed by atoms with Gasteiger partial charge >= 0.3 is 5.97 Å². The lowest BCUT2D eigenvalue weighted by molar-refractivity contribution is -0.168. The lowest BCUT2D eigenvalue weighted by Crippen LogP contribution is -2.54. The Labute approximate surface area is 175 Å². The molecule has 1 fully saturated rings. The van der Waals surface area contributed by atoms with Gasteiger partial charge in [-0.05, 0) is 43.2 Å². The molecular formula is C23H38N2O4. The van der Waals surface area contributed by atoms with Gasteiger partial charge < -0.3 is 19.9 Å². The van der Waals surface area contributed by atoms with Gasteiger partial charge in [-0.1, -0.05) is 40.0 Å². The first-order valence-electron chi connectivity index (χ1n) is 11.0. The Kier molecular flexibility index (Phi) is 9.37. The average Bonchev–Trinajstić information content (AvgIpc) is 2.69. The molecule has 0 radical (unpaired) electrons. The van der Waals surface area contributed by atoms with E-state index in [0.29, 0.717) is 45.1 Å². The first kappa shape index (κ1) is 23.6. The molecule has 1 aliphatic heterocycles. The highest BCUT2D eigenvalue weighted by molar-refractivity contribution is 5.69. The SMILES string of the molecule is CCCCC(CC)COC(=O)CCC(C)c1c(C)ccnc1NCC1(O)COC1. The van der Waals surface area contributed by atoms with Crippen molar-refractivity contribution in [3.8, 4) is 0 Å². The molecule has 164 valence electrons. The second-order valence-corrected chi connectivity index (χ2v) is 8.50. The zero-order chi connectivity index (χ0) is 21.3.